The highest BCUT2D eigenvalue weighted by Gasteiger charge is 2.07. The maximum atomic E-state index is 5.87. The smallest absolute Gasteiger partial charge is 0.0653 e. The zero-order valence-corrected chi connectivity index (χ0v) is 7.25. The number of hydrogen-bond acceptors (Lipinski definition) is 3. The minimum absolute atomic E-state index is 0.125. The normalized spacial score (nSPS) is 12.5. The predicted molar refractivity (Wildman–Crippen MR) is 49.5 cm³/mol. The lowest BCUT2D eigenvalue weighted by atomic mass is 10.1. The maximum absolute atomic E-state index is 5.87. The van der Waals surface area contributed by atoms with Gasteiger partial charge in [-0.1, -0.05) is 17.7 Å². The number of nitrogens with zero attached hydrogens (tertiary/aromatic N) is 1. The molecule has 0 amide bonds. The molecule has 12 heavy (non-hydrogen) atoms. The molecule has 3 nitrogen and oxygen atoms in total. The fraction of sp³-hybridized carbons (Fsp3) is 0.125. The molecule has 0 aromatic carbocycles. The highest BCUT2D eigenvalue weighted by molar-refractivity contribution is 6.31. The van der Waals surface area contributed by atoms with Gasteiger partial charge in [0, 0.05) is 12.4 Å². The third kappa shape index (κ3) is 1.82. The molecule has 0 fully saturated rings. The van der Waals surface area contributed by atoms with Crippen LogP contribution in [0.1, 0.15) is 11.6 Å². The van der Waals surface area contributed by atoms with Gasteiger partial charge in [-0.15, -0.1) is 6.58 Å². The Labute approximate surface area is 76.2 Å². The Morgan fingerprint density at radius 1 is 1.75 bits per heavy atom. The Morgan fingerprint density at radius 2 is 2.50 bits per heavy atom. The van der Waals surface area contributed by atoms with Crippen molar-refractivity contribution in [2.75, 3.05) is 0 Å². The summed E-state index contributed by atoms with van der Waals surface area (Å²) in [6.45, 7) is 3.63. The fourth-order valence-electron chi connectivity index (χ4n) is 0.923. The Kier molecular flexibility index (Phi) is 3.22. The van der Waals surface area contributed by atoms with Crippen LogP contribution in [0.4, 0.5) is 0 Å². The first kappa shape index (κ1) is 9.19. The van der Waals surface area contributed by atoms with Crippen molar-refractivity contribution in [2.45, 2.75) is 6.04 Å². The average Bonchev–Trinajstić information content (AvgIpc) is 2.10. The molecule has 0 saturated heterocycles. The van der Waals surface area contributed by atoms with E-state index in [9.17, 15) is 0 Å². The predicted octanol–water partition coefficient (Wildman–Crippen LogP) is 1.43. The molecule has 0 saturated carbocycles. The Morgan fingerprint density at radius 3 is 3.00 bits per heavy atom. The molecule has 0 aliphatic carbocycles. The summed E-state index contributed by atoms with van der Waals surface area (Å²) < 4.78 is 0. The van der Waals surface area contributed by atoms with Gasteiger partial charge < -0.3 is 0 Å². The second kappa shape index (κ2) is 4.21. The molecule has 0 spiro atoms. The Hall–Kier alpha value is -0.900. The zero-order chi connectivity index (χ0) is 8.97. The van der Waals surface area contributed by atoms with Gasteiger partial charge in [0.1, 0.15) is 0 Å². The molecule has 0 aliphatic rings. The van der Waals surface area contributed by atoms with Crippen LogP contribution in [0.15, 0.2) is 31.1 Å². The molecule has 1 aromatic heterocycles. The molecule has 64 valence electrons. The monoisotopic (exact) mass is 183 g/mol. The molecule has 3 N–H and O–H groups in total. The molecule has 0 radical (unpaired) electrons. The van der Waals surface area contributed by atoms with Gasteiger partial charge in [0.2, 0.25) is 0 Å². The van der Waals surface area contributed by atoms with Crippen molar-refractivity contribution in [2.24, 2.45) is 5.84 Å². The molecule has 1 heterocycles. The van der Waals surface area contributed by atoms with Gasteiger partial charge in [-0.25, -0.2) is 5.43 Å². The molecule has 1 unspecified atom stereocenters. The summed E-state index contributed by atoms with van der Waals surface area (Å²) in [5.41, 5.74) is 3.46. The van der Waals surface area contributed by atoms with E-state index in [4.69, 9.17) is 17.4 Å². The highest BCUT2D eigenvalue weighted by atomic mass is 35.5. The number of rotatable bonds is 3. The first-order chi connectivity index (χ1) is 5.79. The second-order valence-corrected chi connectivity index (χ2v) is 2.68. The van der Waals surface area contributed by atoms with Crippen molar-refractivity contribution >= 4 is 11.6 Å². The van der Waals surface area contributed by atoms with E-state index in [-0.39, 0.29) is 6.04 Å². The maximum Gasteiger partial charge on any atom is 0.0653 e. The molecule has 0 bridgehead atoms. The van der Waals surface area contributed by atoms with Gasteiger partial charge in [-0.05, 0) is 11.6 Å². The van der Waals surface area contributed by atoms with Gasteiger partial charge in [0.05, 0.1) is 11.1 Å². The number of nitrogens with one attached hydrogen (secondary N) is 1. The fourth-order valence-corrected chi connectivity index (χ4v) is 1.16. The van der Waals surface area contributed by atoms with E-state index >= 15 is 0 Å². The quantitative estimate of drug-likeness (QED) is 0.424. The van der Waals surface area contributed by atoms with E-state index in [1.165, 1.54) is 0 Å². The molecular weight excluding hydrogens is 174 g/mol. The van der Waals surface area contributed by atoms with E-state index < -0.39 is 0 Å². The SMILES string of the molecule is C=CC(NN)c1ccncc1Cl. The van der Waals surface area contributed by atoms with E-state index in [0.29, 0.717) is 5.02 Å². The van der Waals surface area contributed by atoms with Crippen LogP contribution in [0.3, 0.4) is 0 Å². The van der Waals surface area contributed by atoms with Crippen molar-refractivity contribution < 1.29 is 0 Å². The average molecular weight is 184 g/mol. The number of halogens is 1. The molecule has 0 aliphatic heterocycles. The van der Waals surface area contributed by atoms with Crippen LogP contribution in [-0.4, -0.2) is 4.98 Å². The molecule has 1 atom stereocenters. The summed E-state index contributed by atoms with van der Waals surface area (Å²) in [4.78, 5) is 3.86. The molecule has 1 aromatic rings. The number of aromatic nitrogens is 1. The third-order valence-corrected chi connectivity index (χ3v) is 1.87. The van der Waals surface area contributed by atoms with E-state index in [1.807, 2.05) is 0 Å². The Balaban J connectivity index is 3.00. The summed E-state index contributed by atoms with van der Waals surface area (Å²) in [7, 11) is 0. The first-order valence-electron chi connectivity index (χ1n) is 3.47. The van der Waals surface area contributed by atoms with Gasteiger partial charge in [0.15, 0.2) is 0 Å². The lowest BCUT2D eigenvalue weighted by molar-refractivity contribution is 0.656. The van der Waals surface area contributed by atoms with Crippen LogP contribution in [0.2, 0.25) is 5.02 Å². The third-order valence-electron chi connectivity index (χ3n) is 1.55. The second-order valence-electron chi connectivity index (χ2n) is 2.28. The van der Waals surface area contributed by atoms with Gasteiger partial charge in [-0.2, -0.15) is 0 Å². The standard InChI is InChI=1S/C8H10ClN3/c1-2-8(12-10)6-3-4-11-5-7(6)9/h2-5,8,12H,1,10H2. The topological polar surface area (TPSA) is 50.9 Å². The van der Waals surface area contributed by atoms with Crippen LogP contribution in [-0.2, 0) is 0 Å². The van der Waals surface area contributed by atoms with Crippen molar-refractivity contribution in [3.8, 4) is 0 Å². The van der Waals surface area contributed by atoms with Gasteiger partial charge in [0.25, 0.3) is 0 Å². The minimum Gasteiger partial charge on any atom is -0.271 e. The number of hydrogen-bond donors (Lipinski definition) is 2. The van der Waals surface area contributed by atoms with Crippen LogP contribution < -0.4 is 11.3 Å². The lowest BCUT2D eigenvalue weighted by Gasteiger charge is -2.11. The van der Waals surface area contributed by atoms with Crippen molar-refractivity contribution in [3.05, 3.63) is 41.7 Å². The highest BCUT2D eigenvalue weighted by Crippen LogP contribution is 2.21. The first-order valence-corrected chi connectivity index (χ1v) is 3.85. The molecule has 4 heteroatoms. The Bertz CT molecular complexity index is 275. The summed E-state index contributed by atoms with van der Waals surface area (Å²) in [5.74, 6) is 5.28. The van der Waals surface area contributed by atoms with E-state index in [1.54, 1.807) is 24.5 Å². The van der Waals surface area contributed by atoms with Crippen LogP contribution >= 0.6 is 11.6 Å². The largest absolute Gasteiger partial charge is 0.271 e. The number of hydrazine groups is 1. The number of pyridine rings is 1. The summed E-state index contributed by atoms with van der Waals surface area (Å²) in [6.07, 6.45) is 4.92. The van der Waals surface area contributed by atoms with E-state index in [2.05, 4.69) is 17.0 Å². The van der Waals surface area contributed by atoms with Crippen molar-refractivity contribution in [3.63, 3.8) is 0 Å². The minimum atomic E-state index is -0.125. The summed E-state index contributed by atoms with van der Waals surface area (Å²) >= 11 is 5.87. The molecular formula is C8H10ClN3. The van der Waals surface area contributed by atoms with Gasteiger partial charge in [-0.3, -0.25) is 10.8 Å². The van der Waals surface area contributed by atoms with Crippen LogP contribution in [0, 0.1) is 0 Å². The van der Waals surface area contributed by atoms with E-state index in [0.717, 1.165) is 5.56 Å². The number of nitrogens with two attached hydrogens (primary N) is 1. The van der Waals surface area contributed by atoms with Crippen molar-refractivity contribution in [1.29, 1.82) is 0 Å². The van der Waals surface area contributed by atoms with Crippen LogP contribution in [0.5, 0.6) is 0 Å². The van der Waals surface area contributed by atoms with Crippen molar-refractivity contribution in [1.82, 2.24) is 10.4 Å². The zero-order valence-electron chi connectivity index (χ0n) is 6.50. The van der Waals surface area contributed by atoms with Gasteiger partial charge >= 0.3 is 0 Å². The summed E-state index contributed by atoms with van der Waals surface area (Å²) in [6, 6.07) is 1.68. The molecule has 1 rings (SSSR count). The van der Waals surface area contributed by atoms with Crippen LogP contribution in [0.25, 0.3) is 0 Å². The lowest BCUT2D eigenvalue weighted by Crippen LogP contribution is -2.26. The summed E-state index contributed by atoms with van der Waals surface area (Å²) in [5, 5.41) is 0.584.